The second-order valence-electron chi connectivity index (χ2n) is 4.93. The molecule has 2 aromatic carbocycles. The minimum Gasteiger partial charge on any atom is -0.508 e. The van der Waals surface area contributed by atoms with Gasteiger partial charge in [0.25, 0.3) is 0 Å². The normalized spacial score (nSPS) is 10.1. The van der Waals surface area contributed by atoms with Gasteiger partial charge in [-0.3, -0.25) is 0 Å². The molecule has 4 heteroatoms. The highest BCUT2D eigenvalue weighted by Gasteiger charge is 2.03. The first-order valence-corrected chi connectivity index (χ1v) is 7.13. The van der Waals surface area contributed by atoms with E-state index in [-0.39, 0.29) is 11.8 Å². The predicted octanol–water partition coefficient (Wildman–Crippen LogP) is 4.38. The molecule has 3 N–H and O–H groups in total. The first kappa shape index (κ1) is 14.9. The van der Waals surface area contributed by atoms with Crippen molar-refractivity contribution in [1.29, 1.82) is 0 Å². The fourth-order valence-corrected chi connectivity index (χ4v) is 2.01. The van der Waals surface area contributed by atoms with Gasteiger partial charge in [0.1, 0.15) is 5.75 Å². The van der Waals surface area contributed by atoms with Crippen LogP contribution in [0.4, 0.5) is 16.2 Å². The topological polar surface area (TPSA) is 61.4 Å². The maximum absolute atomic E-state index is 11.8. The van der Waals surface area contributed by atoms with Gasteiger partial charge in [-0.15, -0.1) is 0 Å². The van der Waals surface area contributed by atoms with E-state index in [4.69, 9.17) is 0 Å². The first-order valence-electron chi connectivity index (χ1n) is 7.13. The van der Waals surface area contributed by atoms with Crippen molar-refractivity contribution in [3.8, 4) is 5.75 Å². The zero-order chi connectivity index (χ0) is 15.1. The lowest BCUT2D eigenvalue weighted by atomic mass is 10.1. The Labute approximate surface area is 124 Å². The van der Waals surface area contributed by atoms with Crippen molar-refractivity contribution in [2.75, 3.05) is 10.6 Å². The average molecular weight is 284 g/mol. The SMILES string of the molecule is CCCCc1ccc(NC(=O)Nc2cccc(O)c2)cc1. The molecule has 0 aliphatic carbocycles. The lowest BCUT2D eigenvalue weighted by Gasteiger charge is -2.08. The lowest BCUT2D eigenvalue weighted by Crippen LogP contribution is -2.19. The molecule has 2 aromatic rings. The second-order valence-corrected chi connectivity index (χ2v) is 4.93. The van der Waals surface area contributed by atoms with Crippen molar-refractivity contribution in [3.05, 3.63) is 54.1 Å². The molecule has 0 aliphatic heterocycles. The van der Waals surface area contributed by atoms with Crippen LogP contribution in [0.25, 0.3) is 0 Å². The molecule has 4 nitrogen and oxygen atoms in total. The summed E-state index contributed by atoms with van der Waals surface area (Å²) in [5.74, 6) is 0.119. The quantitative estimate of drug-likeness (QED) is 0.763. The van der Waals surface area contributed by atoms with Crippen LogP contribution in [-0.2, 0) is 6.42 Å². The molecule has 0 spiro atoms. The van der Waals surface area contributed by atoms with Crippen LogP contribution in [0.5, 0.6) is 5.75 Å². The van der Waals surface area contributed by atoms with Gasteiger partial charge in [-0.2, -0.15) is 0 Å². The Balaban J connectivity index is 1.90. The van der Waals surface area contributed by atoms with Gasteiger partial charge in [-0.1, -0.05) is 31.5 Å². The van der Waals surface area contributed by atoms with Gasteiger partial charge in [0, 0.05) is 17.4 Å². The Bertz CT molecular complexity index is 594. The molecule has 0 saturated carbocycles. The van der Waals surface area contributed by atoms with E-state index in [1.165, 1.54) is 24.5 Å². The number of nitrogens with one attached hydrogen (secondary N) is 2. The third kappa shape index (κ3) is 4.84. The fourth-order valence-electron chi connectivity index (χ4n) is 2.01. The monoisotopic (exact) mass is 284 g/mol. The number of benzene rings is 2. The standard InChI is InChI=1S/C17H20N2O2/c1-2-3-5-13-8-10-14(11-9-13)18-17(21)19-15-6-4-7-16(20)12-15/h4,6-12,20H,2-3,5H2,1H3,(H2,18,19,21). The average Bonchev–Trinajstić information content (AvgIpc) is 2.46. The number of carbonyl (C=O) groups excluding carboxylic acids is 1. The molecular weight excluding hydrogens is 264 g/mol. The maximum Gasteiger partial charge on any atom is 0.323 e. The molecule has 2 rings (SSSR count). The minimum absolute atomic E-state index is 0.119. The Morgan fingerprint density at radius 3 is 2.43 bits per heavy atom. The van der Waals surface area contributed by atoms with E-state index >= 15 is 0 Å². The number of carbonyl (C=O) groups is 1. The van der Waals surface area contributed by atoms with Crippen LogP contribution >= 0.6 is 0 Å². The van der Waals surface area contributed by atoms with Crippen LogP contribution < -0.4 is 10.6 Å². The summed E-state index contributed by atoms with van der Waals surface area (Å²) in [6.07, 6.45) is 3.41. The van der Waals surface area contributed by atoms with E-state index in [0.717, 1.165) is 12.1 Å². The van der Waals surface area contributed by atoms with Crippen LogP contribution in [0.3, 0.4) is 0 Å². The highest BCUT2D eigenvalue weighted by atomic mass is 16.3. The van der Waals surface area contributed by atoms with E-state index in [9.17, 15) is 9.90 Å². The third-order valence-corrected chi connectivity index (χ3v) is 3.13. The molecule has 0 bridgehead atoms. The van der Waals surface area contributed by atoms with Gasteiger partial charge >= 0.3 is 6.03 Å². The van der Waals surface area contributed by atoms with Crippen molar-refractivity contribution in [1.82, 2.24) is 0 Å². The fraction of sp³-hybridized carbons (Fsp3) is 0.235. The number of aryl methyl sites for hydroxylation is 1. The van der Waals surface area contributed by atoms with Crippen LogP contribution in [0.1, 0.15) is 25.3 Å². The van der Waals surface area contributed by atoms with E-state index in [2.05, 4.69) is 17.6 Å². The molecule has 0 unspecified atom stereocenters. The van der Waals surface area contributed by atoms with Gasteiger partial charge in [0.2, 0.25) is 0 Å². The number of aromatic hydroxyl groups is 1. The van der Waals surface area contributed by atoms with E-state index in [1.807, 2.05) is 24.3 Å². The molecule has 0 radical (unpaired) electrons. The Morgan fingerprint density at radius 1 is 1.05 bits per heavy atom. The zero-order valence-electron chi connectivity index (χ0n) is 12.1. The summed E-state index contributed by atoms with van der Waals surface area (Å²) >= 11 is 0. The Morgan fingerprint density at radius 2 is 1.76 bits per heavy atom. The van der Waals surface area contributed by atoms with E-state index < -0.39 is 0 Å². The number of amides is 2. The first-order chi connectivity index (χ1) is 10.2. The van der Waals surface area contributed by atoms with Gasteiger partial charge in [-0.05, 0) is 42.7 Å². The highest BCUT2D eigenvalue weighted by Crippen LogP contribution is 2.16. The largest absolute Gasteiger partial charge is 0.508 e. The second kappa shape index (κ2) is 7.33. The molecule has 110 valence electrons. The van der Waals surface area contributed by atoms with Crippen molar-refractivity contribution in [3.63, 3.8) is 0 Å². The molecule has 0 aromatic heterocycles. The van der Waals surface area contributed by atoms with Crippen molar-refractivity contribution in [2.45, 2.75) is 26.2 Å². The summed E-state index contributed by atoms with van der Waals surface area (Å²) in [4.78, 5) is 11.8. The molecule has 0 aliphatic rings. The number of unbranched alkanes of at least 4 members (excludes halogenated alkanes) is 1. The number of hydrogen-bond acceptors (Lipinski definition) is 2. The van der Waals surface area contributed by atoms with Crippen molar-refractivity contribution >= 4 is 17.4 Å². The lowest BCUT2D eigenvalue weighted by molar-refractivity contribution is 0.262. The summed E-state index contributed by atoms with van der Waals surface area (Å²) in [7, 11) is 0. The molecule has 0 atom stereocenters. The summed E-state index contributed by atoms with van der Waals surface area (Å²) < 4.78 is 0. The molecule has 21 heavy (non-hydrogen) atoms. The number of anilines is 2. The number of rotatable bonds is 5. The number of urea groups is 1. The van der Waals surface area contributed by atoms with Gasteiger partial charge < -0.3 is 15.7 Å². The summed E-state index contributed by atoms with van der Waals surface area (Å²) in [5, 5.41) is 14.8. The molecule has 0 saturated heterocycles. The number of hydrogen-bond donors (Lipinski definition) is 3. The van der Waals surface area contributed by atoms with Crippen LogP contribution in [0.2, 0.25) is 0 Å². The summed E-state index contributed by atoms with van der Waals surface area (Å²) in [5.41, 5.74) is 2.57. The van der Waals surface area contributed by atoms with Crippen LogP contribution in [0, 0.1) is 0 Å². The molecule has 2 amide bonds. The molecular formula is C17H20N2O2. The Kier molecular flexibility index (Phi) is 5.21. The van der Waals surface area contributed by atoms with Gasteiger partial charge in [0.05, 0.1) is 0 Å². The number of phenols is 1. The number of phenolic OH excluding ortho intramolecular Hbond substituents is 1. The third-order valence-electron chi connectivity index (χ3n) is 3.13. The van der Waals surface area contributed by atoms with E-state index in [0.29, 0.717) is 5.69 Å². The summed E-state index contributed by atoms with van der Waals surface area (Å²) in [6.45, 7) is 2.17. The Hall–Kier alpha value is -2.49. The van der Waals surface area contributed by atoms with Gasteiger partial charge in [-0.25, -0.2) is 4.79 Å². The van der Waals surface area contributed by atoms with Gasteiger partial charge in [0.15, 0.2) is 0 Å². The summed E-state index contributed by atoms with van der Waals surface area (Å²) in [6, 6.07) is 14.0. The molecule has 0 fully saturated rings. The highest BCUT2D eigenvalue weighted by molar-refractivity contribution is 5.99. The zero-order valence-corrected chi connectivity index (χ0v) is 12.1. The minimum atomic E-state index is -0.332. The van der Waals surface area contributed by atoms with Crippen LogP contribution in [0.15, 0.2) is 48.5 Å². The smallest absolute Gasteiger partial charge is 0.323 e. The van der Waals surface area contributed by atoms with Crippen molar-refractivity contribution < 1.29 is 9.90 Å². The molecule has 0 heterocycles. The predicted molar refractivity (Wildman–Crippen MR) is 85.8 cm³/mol. The van der Waals surface area contributed by atoms with E-state index in [1.54, 1.807) is 18.2 Å². The van der Waals surface area contributed by atoms with Crippen molar-refractivity contribution in [2.24, 2.45) is 0 Å². The van der Waals surface area contributed by atoms with Crippen LogP contribution in [-0.4, -0.2) is 11.1 Å². The maximum atomic E-state index is 11.8.